The molecule has 1 aliphatic heterocycles. The topological polar surface area (TPSA) is 244 Å². The molecule has 1 saturated heterocycles. The monoisotopic (exact) mass is 674 g/mol. The fraction of sp³-hybridized carbons (Fsp3) is 0.176. The number of carboxylic acid groups (broad SMARTS) is 2. The smallest absolute Gasteiger partial charge is 0.337 e. The largest absolute Gasteiger partial charge is 0.508 e. The van der Waals surface area contributed by atoms with Crippen molar-refractivity contribution >= 4 is 35.1 Å². The first kappa shape index (κ1) is 33.9. The SMILES string of the molecule is COc1cc([C@H](O)[C@H]2C(=O)N(c3ccc(O)cc3C(=O)O)[C@@H](c3ccc(O)c(OC)c3)[C@@H]2C(=O)Nc2ccc(O)cc2C(=O)O)ccc1O. The van der Waals surface area contributed by atoms with Gasteiger partial charge in [0.05, 0.1) is 60.7 Å². The zero-order valence-corrected chi connectivity index (χ0v) is 25.8. The maximum Gasteiger partial charge on any atom is 0.337 e. The van der Waals surface area contributed by atoms with E-state index in [2.05, 4.69) is 5.32 Å². The fourth-order valence-electron chi connectivity index (χ4n) is 5.97. The Labute approximate surface area is 277 Å². The number of carbonyl (C=O) groups excluding carboxylic acids is 2. The van der Waals surface area contributed by atoms with Crippen molar-refractivity contribution in [2.24, 2.45) is 11.8 Å². The third-order valence-electron chi connectivity index (χ3n) is 8.22. The number of methoxy groups -OCH3 is 2. The van der Waals surface area contributed by atoms with Crippen molar-refractivity contribution in [2.75, 3.05) is 24.4 Å². The number of ether oxygens (including phenoxy) is 2. The van der Waals surface area contributed by atoms with E-state index in [1.54, 1.807) is 0 Å². The second-order valence-electron chi connectivity index (χ2n) is 11.0. The maximum absolute atomic E-state index is 14.6. The van der Waals surface area contributed by atoms with Crippen molar-refractivity contribution in [3.8, 4) is 34.5 Å². The number of phenols is 4. The van der Waals surface area contributed by atoms with Crippen LogP contribution in [0, 0.1) is 11.8 Å². The van der Waals surface area contributed by atoms with Crippen LogP contribution in [0.2, 0.25) is 0 Å². The van der Waals surface area contributed by atoms with Crippen molar-refractivity contribution in [2.45, 2.75) is 12.1 Å². The predicted molar refractivity (Wildman–Crippen MR) is 170 cm³/mol. The molecule has 5 rings (SSSR count). The van der Waals surface area contributed by atoms with E-state index in [9.17, 15) is 54.9 Å². The van der Waals surface area contributed by atoms with E-state index in [0.717, 1.165) is 41.3 Å². The van der Waals surface area contributed by atoms with Gasteiger partial charge in [-0.2, -0.15) is 0 Å². The number of benzene rings is 4. The van der Waals surface area contributed by atoms with E-state index in [1.165, 1.54) is 50.6 Å². The molecule has 8 N–H and O–H groups in total. The lowest BCUT2D eigenvalue weighted by atomic mass is 9.80. The fourth-order valence-corrected chi connectivity index (χ4v) is 5.97. The number of aliphatic hydroxyl groups is 1. The van der Waals surface area contributed by atoms with Crippen LogP contribution in [0.4, 0.5) is 11.4 Å². The molecular weight excluding hydrogens is 644 g/mol. The molecule has 0 aliphatic carbocycles. The molecule has 0 bridgehead atoms. The van der Waals surface area contributed by atoms with Gasteiger partial charge in [0.2, 0.25) is 11.8 Å². The number of aromatic hydroxyl groups is 4. The van der Waals surface area contributed by atoms with E-state index in [-0.39, 0.29) is 45.5 Å². The Hall–Kier alpha value is -6.48. The lowest BCUT2D eigenvalue weighted by Crippen LogP contribution is -2.35. The number of amides is 2. The average molecular weight is 675 g/mol. The predicted octanol–water partition coefficient (Wildman–Crippen LogP) is 3.62. The number of nitrogens with zero attached hydrogens (tertiary/aromatic N) is 1. The van der Waals surface area contributed by atoms with Crippen molar-refractivity contribution in [1.29, 1.82) is 0 Å². The molecule has 49 heavy (non-hydrogen) atoms. The van der Waals surface area contributed by atoms with E-state index >= 15 is 0 Å². The molecule has 4 aromatic carbocycles. The minimum atomic E-state index is -1.81. The van der Waals surface area contributed by atoms with Gasteiger partial charge in [-0.15, -0.1) is 0 Å². The highest BCUT2D eigenvalue weighted by atomic mass is 16.5. The molecule has 2 amide bonds. The Balaban J connectivity index is 1.78. The summed E-state index contributed by atoms with van der Waals surface area (Å²) in [5.74, 6) is -9.91. The summed E-state index contributed by atoms with van der Waals surface area (Å²) >= 11 is 0. The normalized spacial score (nSPS) is 17.7. The van der Waals surface area contributed by atoms with Gasteiger partial charge in [0.25, 0.3) is 0 Å². The van der Waals surface area contributed by atoms with Gasteiger partial charge in [0.15, 0.2) is 23.0 Å². The van der Waals surface area contributed by atoms with Crippen LogP contribution in [0.25, 0.3) is 0 Å². The molecule has 0 spiro atoms. The summed E-state index contributed by atoms with van der Waals surface area (Å²) in [4.78, 5) is 54.5. The first-order valence-electron chi connectivity index (χ1n) is 14.5. The molecular formula is C34H30N2O13. The summed E-state index contributed by atoms with van der Waals surface area (Å²) in [5.41, 5.74) is -1.40. The van der Waals surface area contributed by atoms with Crippen LogP contribution in [0.15, 0.2) is 72.8 Å². The highest BCUT2D eigenvalue weighted by Gasteiger charge is 2.56. The third-order valence-corrected chi connectivity index (χ3v) is 8.22. The van der Waals surface area contributed by atoms with Crippen LogP contribution in [0.1, 0.15) is 44.0 Å². The highest BCUT2D eigenvalue weighted by molar-refractivity contribution is 6.10. The summed E-state index contributed by atoms with van der Waals surface area (Å²) in [6, 6.07) is 12.5. The van der Waals surface area contributed by atoms with Gasteiger partial charge in [0, 0.05) is 0 Å². The standard InChI is InChI=1S/C34H30N2O13/c1-48-25-11-15(3-9-23(25)39)29-27(31(42)35-21-7-5-17(37)13-19(21)33(44)45)28(30(41)16-4-10-24(40)26(12-16)49-2)32(43)36(29)22-8-6-18(38)14-20(22)34(46)47/h3-14,27-30,37-41H,1-2H3,(H,35,42)(H,44,45)(H,46,47)/t27-,28+,29+,30+/m1/s1. The summed E-state index contributed by atoms with van der Waals surface area (Å²) in [5, 5.41) is 74.7. The van der Waals surface area contributed by atoms with Crippen LogP contribution >= 0.6 is 0 Å². The summed E-state index contributed by atoms with van der Waals surface area (Å²) in [6.07, 6.45) is -1.81. The number of phenolic OH excluding ortho intramolecular Hbond substituents is 4. The number of hydrogen-bond donors (Lipinski definition) is 8. The van der Waals surface area contributed by atoms with Crippen LogP contribution in [0.5, 0.6) is 34.5 Å². The number of anilines is 2. The van der Waals surface area contributed by atoms with Gasteiger partial charge in [-0.3, -0.25) is 9.59 Å². The molecule has 0 unspecified atom stereocenters. The minimum absolute atomic E-state index is 0.0229. The van der Waals surface area contributed by atoms with E-state index in [4.69, 9.17) is 9.47 Å². The molecule has 4 atom stereocenters. The number of nitrogens with one attached hydrogen (secondary N) is 1. The molecule has 1 heterocycles. The third kappa shape index (κ3) is 6.29. The second-order valence-corrected chi connectivity index (χ2v) is 11.0. The lowest BCUT2D eigenvalue weighted by molar-refractivity contribution is -0.130. The summed E-state index contributed by atoms with van der Waals surface area (Å²) < 4.78 is 10.4. The number of carboxylic acids is 2. The number of carbonyl (C=O) groups is 4. The van der Waals surface area contributed by atoms with Gasteiger partial charge in [0.1, 0.15) is 11.5 Å². The first-order chi connectivity index (χ1) is 23.3. The zero-order chi connectivity index (χ0) is 35.7. The Kier molecular flexibility index (Phi) is 9.21. The minimum Gasteiger partial charge on any atom is -0.508 e. The van der Waals surface area contributed by atoms with Crippen LogP contribution in [-0.2, 0) is 9.59 Å². The lowest BCUT2D eigenvalue weighted by Gasteiger charge is -2.30. The Bertz CT molecular complexity index is 1980. The number of aromatic carboxylic acids is 2. The molecule has 1 aliphatic rings. The van der Waals surface area contributed by atoms with Crippen LogP contribution < -0.4 is 19.7 Å². The van der Waals surface area contributed by atoms with Gasteiger partial charge >= 0.3 is 11.9 Å². The average Bonchev–Trinajstić information content (AvgIpc) is 3.37. The molecule has 0 radical (unpaired) electrons. The Morgan fingerprint density at radius 1 is 0.755 bits per heavy atom. The molecule has 0 aromatic heterocycles. The molecule has 254 valence electrons. The zero-order valence-electron chi connectivity index (χ0n) is 25.8. The Morgan fingerprint density at radius 3 is 1.94 bits per heavy atom. The Morgan fingerprint density at radius 2 is 1.33 bits per heavy atom. The maximum atomic E-state index is 14.6. The summed E-state index contributed by atoms with van der Waals surface area (Å²) in [7, 11) is 2.51. The van der Waals surface area contributed by atoms with Gasteiger partial charge in [-0.05, 0) is 71.8 Å². The molecule has 15 heteroatoms. The molecule has 0 saturated carbocycles. The van der Waals surface area contributed by atoms with Crippen molar-refractivity contribution in [3.63, 3.8) is 0 Å². The first-order valence-corrected chi connectivity index (χ1v) is 14.5. The molecule has 4 aromatic rings. The summed E-state index contributed by atoms with van der Waals surface area (Å²) in [6.45, 7) is 0. The molecule has 1 fully saturated rings. The highest BCUT2D eigenvalue weighted by Crippen LogP contribution is 2.51. The van der Waals surface area contributed by atoms with Crippen molar-refractivity contribution < 1.29 is 64.4 Å². The van der Waals surface area contributed by atoms with Gasteiger partial charge < -0.3 is 55.4 Å². The van der Waals surface area contributed by atoms with Crippen LogP contribution in [0.3, 0.4) is 0 Å². The van der Waals surface area contributed by atoms with Gasteiger partial charge in [-0.25, -0.2) is 9.59 Å². The van der Waals surface area contributed by atoms with Gasteiger partial charge in [-0.1, -0.05) is 12.1 Å². The second kappa shape index (κ2) is 13.3. The number of hydrogen-bond acceptors (Lipinski definition) is 11. The van der Waals surface area contributed by atoms with Crippen LogP contribution in [-0.4, -0.2) is 73.7 Å². The van der Waals surface area contributed by atoms with E-state index in [0.29, 0.717) is 0 Å². The van der Waals surface area contributed by atoms with E-state index in [1.807, 2.05) is 0 Å². The number of rotatable bonds is 10. The van der Waals surface area contributed by atoms with E-state index < -0.39 is 70.4 Å². The quantitative estimate of drug-likeness (QED) is 0.112. The van der Waals surface area contributed by atoms with Crippen molar-refractivity contribution in [3.05, 3.63) is 95.1 Å². The van der Waals surface area contributed by atoms with Crippen molar-refractivity contribution in [1.82, 2.24) is 0 Å². The number of aliphatic hydroxyl groups excluding tert-OH is 1. The molecule has 15 nitrogen and oxygen atoms in total.